The van der Waals surface area contributed by atoms with Crippen molar-refractivity contribution >= 4 is 80.9 Å². The first kappa shape index (κ1) is 36.4. The van der Waals surface area contributed by atoms with Gasteiger partial charge in [0.1, 0.15) is 9.52 Å². The zero-order valence-electron chi connectivity index (χ0n) is 28.6. The van der Waals surface area contributed by atoms with Crippen molar-refractivity contribution in [2.75, 3.05) is 0 Å². The first-order valence-electron chi connectivity index (χ1n) is 17.3. The third kappa shape index (κ3) is 11.3. The van der Waals surface area contributed by atoms with E-state index in [1.807, 2.05) is 0 Å². The number of rotatable bonds is 8. The predicted octanol–water partition coefficient (Wildman–Crippen LogP) is 5.75. The average Bonchev–Trinajstić information content (AvgIpc) is 3.22. The molecule has 0 aliphatic rings. The maximum absolute atomic E-state index is 2.29. The van der Waals surface area contributed by atoms with Gasteiger partial charge < -0.3 is 0 Å². The molecule has 0 N–H and O–H groups in total. The van der Waals surface area contributed by atoms with Crippen LogP contribution in [0.25, 0.3) is 0 Å². The monoisotopic (exact) mass is 884 g/mol. The molecule has 0 aliphatic heterocycles. The van der Waals surface area contributed by atoms with E-state index in [0.29, 0.717) is 0 Å². The molecular formula is C48H40SiSn2. The van der Waals surface area contributed by atoms with Crippen LogP contribution in [0.15, 0.2) is 243 Å². The Hall–Kier alpha value is -4.43. The van der Waals surface area contributed by atoms with Crippen molar-refractivity contribution in [3.8, 4) is 0 Å². The molecule has 8 aromatic rings. The van der Waals surface area contributed by atoms with Gasteiger partial charge in [-0.3, -0.25) is 0 Å². The summed E-state index contributed by atoms with van der Waals surface area (Å²) in [4.78, 5) is 0. The molecule has 0 aromatic heterocycles. The molecule has 244 valence electrons. The van der Waals surface area contributed by atoms with Crippen molar-refractivity contribution in [1.29, 1.82) is 0 Å². The topological polar surface area (TPSA) is 0 Å². The van der Waals surface area contributed by atoms with Gasteiger partial charge in [-0.05, 0) is 0 Å². The third-order valence-electron chi connectivity index (χ3n) is 8.21. The van der Waals surface area contributed by atoms with Gasteiger partial charge in [0.15, 0.2) is 0 Å². The van der Waals surface area contributed by atoms with Gasteiger partial charge in [0, 0.05) is 0 Å². The van der Waals surface area contributed by atoms with Gasteiger partial charge in [0.25, 0.3) is 0 Å². The fourth-order valence-electron chi connectivity index (χ4n) is 5.84. The van der Waals surface area contributed by atoms with Crippen LogP contribution in [-0.4, -0.2) is 49.0 Å². The summed E-state index contributed by atoms with van der Waals surface area (Å²) in [5, 5.41) is 2.79. The maximum Gasteiger partial charge on any atom is 0.121 e. The Morgan fingerprint density at radius 1 is 0.196 bits per heavy atom. The second-order valence-corrected chi connectivity index (χ2v) is 27.4. The first-order valence-corrected chi connectivity index (χ1v) is 26.8. The van der Waals surface area contributed by atoms with Crippen LogP contribution in [0.4, 0.5) is 0 Å². The molecule has 8 aromatic carbocycles. The fraction of sp³-hybridized carbons (Fsp3) is 0. The molecule has 0 unspecified atom stereocenters. The molecule has 0 saturated heterocycles. The van der Waals surface area contributed by atoms with Crippen LogP contribution < -0.4 is 31.8 Å². The summed E-state index contributed by atoms with van der Waals surface area (Å²) in [5.41, 5.74) is 0. The van der Waals surface area contributed by atoms with E-state index in [4.69, 9.17) is 0 Å². The van der Waals surface area contributed by atoms with E-state index in [0.717, 1.165) is 9.52 Å². The van der Waals surface area contributed by atoms with Crippen LogP contribution in [0, 0.1) is 0 Å². The van der Waals surface area contributed by atoms with Crippen molar-refractivity contribution in [2.24, 2.45) is 0 Å². The quantitative estimate of drug-likeness (QED) is 0.171. The van der Waals surface area contributed by atoms with Crippen LogP contribution in [0.1, 0.15) is 0 Å². The van der Waals surface area contributed by atoms with Crippen molar-refractivity contribution in [1.82, 2.24) is 0 Å². The summed E-state index contributed by atoms with van der Waals surface area (Å²) < 4.78 is 9.18. The Kier molecular flexibility index (Phi) is 14.6. The van der Waals surface area contributed by atoms with Gasteiger partial charge in [0.05, 0.1) is 0 Å². The third-order valence-corrected chi connectivity index (χ3v) is 25.1. The van der Waals surface area contributed by atoms with Gasteiger partial charge in [-0.2, -0.15) is 0 Å². The summed E-state index contributed by atoms with van der Waals surface area (Å²) in [7, 11) is 0.777. The van der Waals surface area contributed by atoms with Crippen LogP contribution >= 0.6 is 0 Å². The van der Waals surface area contributed by atoms with Crippen LogP contribution in [-0.2, 0) is 0 Å². The normalized spacial score (nSPS) is 10.4. The zero-order valence-corrected chi connectivity index (χ0v) is 35.3. The molecular weight excluding hydrogens is 842 g/mol. The molecule has 8 rings (SSSR count). The number of benzene rings is 8. The van der Waals surface area contributed by atoms with Crippen molar-refractivity contribution in [3.63, 3.8) is 0 Å². The Balaban J connectivity index is 0.000000134. The minimum absolute atomic E-state index is 0.777. The van der Waals surface area contributed by atoms with E-state index in [-0.39, 0.29) is 0 Å². The van der Waals surface area contributed by atoms with Crippen LogP contribution in [0.2, 0.25) is 0 Å². The molecule has 0 amide bonds. The standard InChI is InChI=1S/C12H10Si.6C6H5.2Sn/c1-3-7-11(8-4-1)13-12-9-5-2-6-10-12;6*1-2-4-6-5-3-1;;/h1-10H;6*1-5H;;. The summed E-state index contributed by atoms with van der Waals surface area (Å²) >= 11 is -3.96. The molecule has 0 aliphatic carbocycles. The SMILES string of the molecule is c1cc[c]([Sn]([c]2ccccc2)[c]2ccccc2)cc1.c1cc[c]([Sn]([c]2ccccc2)[c]2ccccc2)cc1.c1ccc([Si]c2ccccc2)cc1. The van der Waals surface area contributed by atoms with E-state index < -0.39 is 39.5 Å². The molecule has 0 fully saturated rings. The Bertz CT molecular complexity index is 1740. The predicted molar refractivity (Wildman–Crippen MR) is 226 cm³/mol. The maximum atomic E-state index is 2.29. The Morgan fingerprint density at radius 3 is 0.529 bits per heavy atom. The van der Waals surface area contributed by atoms with Crippen molar-refractivity contribution in [3.05, 3.63) is 243 Å². The zero-order chi connectivity index (χ0) is 34.8. The number of hydrogen-bond donors (Lipinski definition) is 0. The van der Waals surface area contributed by atoms with Crippen molar-refractivity contribution in [2.45, 2.75) is 0 Å². The Labute approximate surface area is 320 Å². The molecule has 0 spiro atoms. The largest absolute Gasteiger partial charge is 0.121 e. The van der Waals surface area contributed by atoms with Gasteiger partial charge in [-0.1, -0.05) is 71.0 Å². The van der Waals surface area contributed by atoms with Gasteiger partial charge in [-0.15, -0.1) is 0 Å². The molecule has 0 atom stereocenters. The van der Waals surface area contributed by atoms with E-state index in [2.05, 4.69) is 243 Å². The van der Waals surface area contributed by atoms with E-state index in [1.165, 1.54) is 31.8 Å². The van der Waals surface area contributed by atoms with Gasteiger partial charge in [0.2, 0.25) is 0 Å². The minimum Gasteiger partial charge on any atom is -0.0631 e. The molecule has 51 heavy (non-hydrogen) atoms. The smallest absolute Gasteiger partial charge is 0.0631 e. The summed E-state index contributed by atoms with van der Waals surface area (Å²) in [6, 6.07) is 87.0. The van der Waals surface area contributed by atoms with Gasteiger partial charge in [-0.25, -0.2) is 0 Å². The first-order chi connectivity index (χ1) is 25.3. The van der Waals surface area contributed by atoms with Crippen molar-refractivity contribution < 1.29 is 0 Å². The molecule has 0 saturated carbocycles. The molecule has 3 heteroatoms. The second-order valence-electron chi connectivity index (χ2n) is 11.8. The molecule has 4 radical (unpaired) electrons. The fourth-order valence-corrected chi connectivity index (χ4v) is 21.6. The summed E-state index contributed by atoms with van der Waals surface area (Å²) in [5.74, 6) is 0. The molecule has 0 bridgehead atoms. The minimum atomic E-state index is -1.98. The summed E-state index contributed by atoms with van der Waals surface area (Å²) in [6.07, 6.45) is 0. The molecule has 0 nitrogen and oxygen atoms in total. The van der Waals surface area contributed by atoms with E-state index in [9.17, 15) is 0 Å². The van der Waals surface area contributed by atoms with Crippen LogP contribution in [0.3, 0.4) is 0 Å². The van der Waals surface area contributed by atoms with E-state index in [1.54, 1.807) is 0 Å². The van der Waals surface area contributed by atoms with E-state index >= 15 is 0 Å². The molecule has 0 heterocycles. The summed E-state index contributed by atoms with van der Waals surface area (Å²) in [6.45, 7) is 0. The Morgan fingerprint density at radius 2 is 0.353 bits per heavy atom. The number of hydrogen-bond acceptors (Lipinski definition) is 0. The van der Waals surface area contributed by atoms with Crippen LogP contribution in [0.5, 0.6) is 0 Å². The van der Waals surface area contributed by atoms with Gasteiger partial charge >= 0.3 is 243 Å². The average molecular weight is 882 g/mol. The second kappa shape index (κ2) is 20.4.